The molecule has 0 aliphatic carbocycles. The minimum atomic E-state index is -0.830. The molecule has 4 aromatic rings. The van der Waals surface area contributed by atoms with Gasteiger partial charge in [-0.15, -0.1) is 0 Å². The fourth-order valence-electron chi connectivity index (χ4n) is 4.72. The molecule has 0 saturated carbocycles. The average molecular weight is 495 g/mol. The van der Waals surface area contributed by atoms with Gasteiger partial charge in [0, 0.05) is 31.3 Å². The SMILES string of the molecule is O=C1c2cc([N+](=O)[O-])ccc2N(Cc2ccccc2)[C@@H](c2ccccc2[N+](=O)[O-])N1Cc1ccccc1. The van der Waals surface area contributed by atoms with Crippen molar-refractivity contribution in [3.05, 3.63) is 146 Å². The third-order valence-corrected chi connectivity index (χ3v) is 6.39. The number of carbonyl (C=O) groups excluding carboxylic acids is 1. The number of anilines is 1. The maximum Gasteiger partial charge on any atom is 0.276 e. The number of nitro benzene ring substituents is 2. The zero-order valence-electron chi connectivity index (χ0n) is 19.6. The number of amides is 1. The number of rotatable bonds is 7. The van der Waals surface area contributed by atoms with Gasteiger partial charge in [-0.1, -0.05) is 72.8 Å². The van der Waals surface area contributed by atoms with E-state index in [2.05, 4.69) is 0 Å². The van der Waals surface area contributed by atoms with E-state index in [0.717, 1.165) is 11.1 Å². The topological polar surface area (TPSA) is 110 Å². The van der Waals surface area contributed by atoms with E-state index in [1.165, 1.54) is 18.2 Å². The molecule has 0 saturated heterocycles. The fraction of sp³-hybridized carbons (Fsp3) is 0.107. The third-order valence-electron chi connectivity index (χ3n) is 6.39. The molecular weight excluding hydrogens is 472 g/mol. The van der Waals surface area contributed by atoms with Crippen LogP contribution in [0.15, 0.2) is 103 Å². The minimum Gasteiger partial charge on any atom is -0.342 e. The van der Waals surface area contributed by atoms with Crippen molar-refractivity contribution in [2.75, 3.05) is 4.90 Å². The van der Waals surface area contributed by atoms with Crippen molar-refractivity contribution in [3.8, 4) is 0 Å². The summed E-state index contributed by atoms with van der Waals surface area (Å²) in [6.07, 6.45) is -0.830. The third kappa shape index (κ3) is 4.62. The fourth-order valence-corrected chi connectivity index (χ4v) is 4.72. The van der Waals surface area contributed by atoms with Crippen LogP contribution in [0.25, 0.3) is 0 Å². The molecule has 1 aliphatic rings. The van der Waals surface area contributed by atoms with Crippen molar-refractivity contribution in [2.24, 2.45) is 0 Å². The lowest BCUT2D eigenvalue weighted by molar-refractivity contribution is -0.386. The standard InChI is InChI=1S/C28H22N4O5/c33-28-24-17-22(31(34)35)15-16-25(24)29(18-20-9-3-1-4-10-20)27(23-13-7-8-14-26(23)32(36)37)30(28)19-21-11-5-2-6-12-21/h1-17,27H,18-19H2/t27-/m1/s1. The highest BCUT2D eigenvalue weighted by atomic mass is 16.6. The summed E-state index contributed by atoms with van der Waals surface area (Å²) >= 11 is 0. The summed E-state index contributed by atoms with van der Waals surface area (Å²) in [5, 5.41) is 23.6. The molecule has 37 heavy (non-hydrogen) atoms. The van der Waals surface area contributed by atoms with Crippen molar-refractivity contribution in [1.29, 1.82) is 0 Å². The maximum atomic E-state index is 14.0. The van der Waals surface area contributed by atoms with Crippen molar-refractivity contribution in [3.63, 3.8) is 0 Å². The zero-order valence-corrected chi connectivity index (χ0v) is 19.6. The number of carbonyl (C=O) groups is 1. The number of benzene rings is 4. The molecule has 1 amide bonds. The van der Waals surface area contributed by atoms with Gasteiger partial charge in [0.2, 0.25) is 0 Å². The first-order chi connectivity index (χ1) is 17.9. The smallest absolute Gasteiger partial charge is 0.276 e. The van der Waals surface area contributed by atoms with Gasteiger partial charge in [-0.05, 0) is 23.3 Å². The summed E-state index contributed by atoms with van der Waals surface area (Å²) in [4.78, 5) is 40.0. The van der Waals surface area contributed by atoms with Crippen molar-refractivity contribution < 1.29 is 14.6 Å². The van der Waals surface area contributed by atoms with Gasteiger partial charge in [0.1, 0.15) is 6.17 Å². The first kappa shape index (κ1) is 23.7. The molecule has 9 nitrogen and oxygen atoms in total. The Kier molecular flexibility index (Phi) is 6.34. The Bertz CT molecular complexity index is 1480. The molecule has 0 bridgehead atoms. The number of fused-ring (bicyclic) bond motifs is 1. The Morgan fingerprint density at radius 3 is 1.84 bits per heavy atom. The van der Waals surface area contributed by atoms with E-state index in [4.69, 9.17) is 0 Å². The van der Waals surface area contributed by atoms with Crippen LogP contribution in [0, 0.1) is 20.2 Å². The molecule has 184 valence electrons. The van der Waals surface area contributed by atoms with Crippen LogP contribution in [0.4, 0.5) is 17.1 Å². The molecule has 0 unspecified atom stereocenters. The van der Waals surface area contributed by atoms with Crippen molar-refractivity contribution in [1.82, 2.24) is 4.90 Å². The van der Waals surface area contributed by atoms with Crippen LogP contribution in [-0.4, -0.2) is 20.7 Å². The van der Waals surface area contributed by atoms with Crippen LogP contribution in [0.3, 0.4) is 0 Å². The van der Waals surface area contributed by atoms with E-state index < -0.39 is 21.9 Å². The van der Waals surface area contributed by atoms with Gasteiger partial charge in [-0.2, -0.15) is 0 Å². The largest absolute Gasteiger partial charge is 0.342 e. The molecule has 1 atom stereocenters. The van der Waals surface area contributed by atoms with Crippen LogP contribution in [-0.2, 0) is 13.1 Å². The van der Waals surface area contributed by atoms with Crippen molar-refractivity contribution >= 4 is 23.0 Å². The second kappa shape index (κ2) is 9.90. The molecule has 0 N–H and O–H groups in total. The van der Waals surface area contributed by atoms with E-state index in [1.54, 1.807) is 29.2 Å². The number of hydrogen-bond donors (Lipinski definition) is 0. The van der Waals surface area contributed by atoms with Gasteiger partial charge in [-0.3, -0.25) is 25.0 Å². The average Bonchev–Trinajstić information content (AvgIpc) is 2.92. The van der Waals surface area contributed by atoms with Crippen LogP contribution in [0.2, 0.25) is 0 Å². The zero-order chi connectivity index (χ0) is 25.9. The van der Waals surface area contributed by atoms with Crippen LogP contribution in [0.5, 0.6) is 0 Å². The Balaban J connectivity index is 1.75. The van der Waals surface area contributed by atoms with Gasteiger partial charge in [0.05, 0.1) is 26.7 Å². The van der Waals surface area contributed by atoms with Crippen LogP contribution in [0.1, 0.15) is 33.2 Å². The molecule has 1 aliphatic heterocycles. The molecule has 0 radical (unpaired) electrons. The Labute approximate surface area is 212 Å². The summed E-state index contributed by atoms with van der Waals surface area (Å²) in [7, 11) is 0. The molecule has 4 aromatic carbocycles. The van der Waals surface area contributed by atoms with Crippen LogP contribution < -0.4 is 4.90 Å². The summed E-state index contributed by atoms with van der Waals surface area (Å²) in [6.45, 7) is 0.477. The molecular formula is C28H22N4O5. The van der Waals surface area contributed by atoms with Gasteiger partial charge in [0.25, 0.3) is 17.3 Å². The monoisotopic (exact) mass is 494 g/mol. The first-order valence-corrected chi connectivity index (χ1v) is 11.6. The maximum absolute atomic E-state index is 14.0. The molecule has 0 fully saturated rings. The summed E-state index contributed by atoms with van der Waals surface area (Å²) in [6, 6.07) is 29.4. The Morgan fingerprint density at radius 1 is 0.676 bits per heavy atom. The normalized spacial score (nSPS) is 14.8. The van der Waals surface area contributed by atoms with Gasteiger partial charge >= 0.3 is 0 Å². The van der Waals surface area contributed by atoms with E-state index >= 15 is 0 Å². The molecule has 1 heterocycles. The van der Waals surface area contributed by atoms with Gasteiger partial charge < -0.3 is 9.80 Å². The number of para-hydroxylation sites is 1. The van der Waals surface area contributed by atoms with Crippen molar-refractivity contribution in [2.45, 2.75) is 19.3 Å². The molecule has 5 rings (SSSR count). The molecule has 9 heteroatoms. The van der Waals surface area contributed by atoms with E-state index in [1.807, 2.05) is 65.6 Å². The van der Waals surface area contributed by atoms with E-state index in [-0.39, 0.29) is 23.5 Å². The minimum absolute atomic E-state index is 0.109. The lowest BCUT2D eigenvalue weighted by Crippen LogP contribution is -2.49. The second-order valence-corrected chi connectivity index (χ2v) is 8.68. The van der Waals surface area contributed by atoms with Crippen LogP contribution >= 0.6 is 0 Å². The summed E-state index contributed by atoms with van der Waals surface area (Å²) in [5.74, 6) is -0.435. The molecule has 0 spiro atoms. The van der Waals surface area contributed by atoms with E-state index in [9.17, 15) is 25.0 Å². The van der Waals surface area contributed by atoms with Gasteiger partial charge in [-0.25, -0.2) is 0 Å². The molecule has 0 aromatic heterocycles. The predicted octanol–water partition coefficient (Wildman–Crippen LogP) is 5.86. The quantitative estimate of drug-likeness (QED) is 0.235. The summed E-state index contributed by atoms with van der Waals surface area (Å²) < 4.78 is 0. The van der Waals surface area contributed by atoms with E-state index in [0.29, 0.717) is 17.8 Å². The number of nitrogens with zero attached hydrogens (tertiary/aromatic N) is 4. The second-order valence-electron chi connectivity index (χ2n) is 8.68. The highest BCUT2D eigenvalue weighted by Gasteiger charge is 2.42. The first-order valence-electron chi connectivity index (χ1n) is 11.6. The lowest BCUT2D eigenvalue weighted by atomic mass is 9.97. The Hall–Kier alpha value is -5.05. The number of non-ortho nitro benzene ring substituents is 1. The number of hydrogen-bond acceptors (Lipinski definition) is 6. The lowest BCUT2D eigenvalue weighted by Gasteiger charge is -2.45. The van der Waals surface area contributed by atoms with Gasteiger partial charge in [0.15, 0.2) is 0 Å². The highest BCUT2D eigenvalue weighted by Crippen LogP contribution is 2.44. The number of nitro groups is 2. The Morgan fingerprint density at radius 2 is 1.24 bits per heavy atom. The highest BCUT2D eigenvalue weighted by molar-refractivity contribution is 6.02. The predicted molar refractivity (Wildman–Crippen MR) is 138 cm³/mol. The summed E-state index contributed by atoms with van der Waals surface area (Å²) in [5.41, 5.74) is 2.45.